The molecule has 1 aromatic carbocycles. The molecule has 1 aliphatic heterocycles. The molecule has 1 fully saturated rings. The summed E-state index contributed by atoms with van der Waals surface area (Å²) < 4.78 is 11.4. The first-order chi connectivity index (χ1) is 15.1. The van der Waals surface area contributed by atoms with Crippen LogP contribution in [0.4, 0.5) is 0 Å². The number of ether oxygens (including phenoxy) is 2. The molecule has 0 saturated carbocycles. The van der Waals surface area contributed by atoms with Gasteiger partial charge in [-0.15, -0.1) is 11.3 Å². The van der Waals surface area contributed by atoms with E-state index in [-0.39, 0.29) is 5.91 Å². The van der Waals surface area contributed by atoms with Crippen molar-refractivity contribution in [3.05, 3.63) is 45.4 Å². The van der Waals surface area contributed by atoms with E-state index in [0.717, 1.165) is 78.8 Å². The number of likely N-dealkylation sites (N-methyl/N-ethyl adjacent to an activating group) is 1. The largest absolute Gasteiger partial charge is 0.492 e. The minimum absolute atomic E-state index is 0.0536. The van der Waals surface area contributed by atoms with Crippen molar-refractivity contribution in [3.63, 3.8) is 0 Å². The lowest BCUT2D eigenvalue weighted by molar-refractivity contribution is 0.0392. The molecule has 0 radical (unpaired) electrons. The summed E-state index contributed by atoms with van der Waals surface area (Å²) in [6.07, 6.45) is 5.35. The molecule has 7 heteroatoms. The van der Waals surface area contributed by atoms with E-state index < -0.39 is 0 Å². The van der Waals surface area contributed by atoms with Gasteiger partial charge in [0.2, 0.25) is 0 Å². The number of amides is 1. The molecule has 0 unspecified atom stereocenters. The number of carbonyl (C=O) groups excluding carboxylic acids is 1. The third-order valence-corrected chi connectivity index (χ3v) is 6.89. The highest BCUT2D eigenvalue weighted by atomic mass is 32.1. The Hall–Kier alpha value is -1.96. The van der Waals surface area contributed by atoms with Gasteiger partial charge in [-0.2, -0.15) is 0 Å². The van der Waals surface area contributed by atoms with Gasteiger partial charge in [0.25, 0.3) is 5.91 Å². The van der Waals surface area contributed by atoms with Crippen LogP contribution in [0.15, 0.2) is 24.3 Å². The normalized spacial score (nSPS) is 14.7. The average molecular weight is 446 g/mol. The van der Waals surface area contributed by atoms with Gasteiger partial charge >= 0.3 is 0 Å². The molecule has 0 atom stereocenters. The number of nitrogens with one attached hydrogen (secondary N) is 1. The maximum absolute atomic E-state index is 12.6. The maximum atomic E-state index is 12.6. The van der Waals surface area contributed by atoms with Crippen LogP contribution < -0.4 is 10.1 Å². The van der Waals surface area contributed by atoms with Gasteiger partial charge in [0.15, 0.2) is 0 Å². The quantitative estimate of drug-likeness (QED) is 0.561. The van der Waals surface area contributed by atoms with Gasteiger partial charge in [-0.25, -0.2) is 4.98 Å². The topological polar surface area (TPSA) is 63.7 Å². The van der Waals surface area contributed by atoms with Crippen LogP contribution >= 0.6 is 11.3 Å². The van der Waals surface area contributed by atoms with E-state index in [0.29, 0.717) is 19.2 Å². The molecule has 3 rings (SSSR count). The Kier molecular flexibility index (Phi) is 9.31. The summed E-state index contributed by atoms with van der Waals surface area (Å²) in [5, 5.41) is 4.07. The molecule has 31 heavy (non-hydrogen) atoms. The predicted molar refractivity (Wildman–Crippen MR) is 125 cm³/mol. The minimum atomic E-state index is -0.0536. The van der Waals surface area contributed by atoms with Crippen LogP contribution in [0.5, 0.6) is 5.75 Å². The zero-order valence-electron chi connectivity index (χ0n) is 19.0. The molecule has 1 aliphatic rings. The maximum Gasteiger partial charge on any atom is 0.263 e. The number of aryl methyl sites for hydroxylation is 2. The first-order valence-electron chi connectivity index (χ1n) is 11.3. The Balaban J connectivity index is 1.45. The van der Waals surface area contributed by atoms with Crippen molar-refractivity contribution < 1.29 is 14.3 Å². The van der Waals surface area contributed by atoms with Crippen molar-refractivity contribution in [3.8, 4) is 5.75 Å². The number of nitrogens with zero attached hydrogens (tertiary/aromatic N) is 2. The highest BCUT2D eigenvalue weighted by Gasteiger charge is 2.18. The fourth-order valence-electron chi connectivity index (χ4n) is 3.72. The number of unbranched alkanes of at least 4 members (excludes halogenated alkanes) is 1. The zero-order chi connectivity index (χ0) is 22.1. The Bertz CT molecular complexity index is 833. The van der Waals surface area contributed by atoms with Crippen LogP contribution in [0.2, 0.25) is 0 Å². The van der Waals surface area contributed by atoms with Crippen molar-refractivity contribution in [1.29, 1.82) is 0 Å². The summed E-state index contributed by atoms with van der Waals surface area (Å²) in [4.78, 5) is 20.2. The van der Waals surface area contributed by atoms with Gasteiger partial charge in [-0.3, -0.25) is 9.69 Å². The number of aromatic nitrogens is 1. The second kappa shape index (κ2) is 12.2. The number of benzene rings is 1. The fourth-order valence-corrected chi connectivity index (χ4v) is 4.74. The second-order valence-electron chi connectivity index (χ2n) is 8.13. The lowest BCUT2D eigenvalue weighted by Crippen LogP contribution is -2.38. The molecule has 1 N–H and O–H groups in total. The van der Waals surface area contributed by atoms with E-state index >= 15 is 0 Å². The molecule has 0 bridgehead atoms. The Morgan fingerprint density at radius 1 is 1.35 bits per heavy atom. The highest BCUT2D eigenvalue weighted by Crippen LogP contribution is 2.20. The number of hydrogen-bond donors (Lipinski definition) is 1. The average Bonchev–Trinajstić information content (AvgIpc) is 3.17. The van der Waals surface area contributed by atoms with Crippen molar-refractivity contribution >= 4 is 17.2 Å². The number of carbonyl (C=O) groups is 1. The van der Waals surface area contributed by atoms with Crippen molar-refractivity contribution in [2.75, 3.05) is 33.4 Å². The molecular formula is C24H35N3O3S. The van der Waals surface area contributed by atoms with Gasteiger partial charge < -0.3 is 14.8 Å². The molecule has 0 spiro atoms. The van der Waals surface area contributed by atoms with Crippen LogP contribution in [-0.2, 0) is 17.7 Å². The summed E-state index contributed by atoms with van der Waals surface area (Å²) >= 11 is 1.51. The predicted octanol–water partition coefficient (Wildman–Crippen LogP) is 4.21. The summed E-state index contributed by atoms with van der Waals surface area (Å²) in [7, 11) is 2.15. The van der Waals surface area contributed by atoms with Crippen LogP contribution in [0.25, 0.3) is 0 Å². The summed E-state index contributed by atoms with van der Waals surface area (Å²) in [5.41, 5.74) is 1.84. The van der Waals surface area contributed by atoms with E-state index in [2.05, 4.69) is 29.2 Å². The number of hydrogen-bond acceptors (Lipinski definition) is 6. The Labute approximate surface area is 190 Å². The first kappa shape index (κ1) is 23.7. The van der Waals surface area contributed by atoms with Crippen molar-refractivity contribution in [1.82, 2.24) is 15.2 Å². The van der Waals surface area contributed by atoms with Crippen molar-refractivity contribution in [2.24, 2.45) is 0 Å². The lowest BCUT2D eigenvalue weighted by atomic mass is 10.1. The van der Waals surface area contributed by atoms with Crippen LogP contribution in [0.1, 0.15) is 58.5 Å². The van der Waals surface area contributed by atoms with E-state index in [9.17, 15) is 4.79 Å². The molecule has 170 valence electrons. The first-order valence-corrected chi connectivity index (χ1v) is 12.1. The molecule has 2 aromatic rings. The van der Waals surface area contributed by atoms with E-state index in [1.54, 1.807) is 0 Å². The zero-order valence-corrected chi connectivity index (χ0v) is 19.8. The highest BCUT2D eigenvalue weighted by molar-refractivity contribution is 7.13. The summed E-state index contributed by atoms with van der Waals surface area (Å²) in [6, 6.07) is 8.53. The smallest absolute Gasteiger partial charge is 0.263 e. The standard InChI is InChI=1S/C24H35N3O3S/c1-4-5-9-22-26-18(2)23(31-22)24(28)25-17-19-7-6-8-21(16-19)30-15-12-27(3)20-10-13-29-14-11-20/h6-8,16,20H,4-5,9-15,17H2,1-3H3,(H,25,28). The van der Waals surface area contributed by atoms with Crippen molar-refractivity contribution in [2.45, 2.75) is 58.5 Å². The SMILES string of the molecule is CCCCc1nc(C)c(C(=O)NCc2cccc(OCCN(C)C3CCOCC3)c2)s1. The molecule has 1 amide bonds. The molecule has 2 heterocycles. The number of thiazole rings is 1. The third-order valence-electron chi connectivity index (χ3n) is 5.67. The van der Waals surface area contributed by atoms with E-state index in [1.807, 2.05) is 31.2 Å². The molecule has 1 saturated heterocycles. The van der Waals surface area contributed by atoms with E-state index in [1.165, 1.54) is 11.3 Å². The third kappa shape index (κ3) is 7.30. The van der Waals surface area contributed by atoms with E-state index in [4.69, 9.17) is 9.47 Å². The number of rotatable bonds is 11. The molecule has 6 nitrogen and oxygen atoms in total. The summed E-state index contributed by atoms with van der Waals surface area (Å²) in [6.45, 7) is 7.78. The Morgan fingerprint density at radius 2 is 2.16 bits per heavy atom. The molecular weight excluding hydrogens is 410 g/mol. The fraction of sp³-hybridized carbons (Fsp3) is 0.583. The van der Waals surface area contributed by atoms with Crippen LogP contribution in [0, 0.1) is 6.92 Å². The monoisotopic (exact) mass is 445 g/mol. The van der Waals surface area contributed by atoms with Gasteiger partial charge in [0.1, 0.15) is 17.2 Å². The van der Waals surface area contributed by atoms with Crippen LogP contribution in [0.3, 0.4) is 0 Å². The van der Waals surface area contributed by atoms with Gasteiger partial charge in [0.05, 0.1) is 10.7 Å². The summed E-state index contributed by atoms with van der Waals surface area (Å²) in [5.74, 6) is 0.783. The Morgan fingerprint density at radius 3 is 2.94 bits per heavy atom. The van der Waals surface area contributed by atoms with Gasteiger partial charge in [-0.1, -0.05) is 25.5 Å². The van der Waals surface area contributed by atoms with Gasteiger partial charge in [-0.05, 0) is 57.4 Å². The molecule has 0 aliphatic carbocycles. The van der Waals surface area contributed by atoms with Gasteiger partial charge in [0, 0.05) is 32.3 Å². The second-order valence-corrected chi connectivity index (χ2v) is 9.21. The lowest BCUT2D eigenvalue weighted by Gasteiger charge is -2.31. The minimum Gasteiger partial charge on any atom is -0.492 e. The molecule has 1 aromatic heterocycles. The van der Waals surface area contributed by atoms with Crippen LogP contribution in [-0.4, -0.2) is 55.2 Å².